The molecule has 1 fully saturated rings. The molecule has 1 unspecified atom stereocenters. The first-order chi connectivity index (χ1) is 15.3. The lowest BCUT2D eigenvalue weighted by Crippen LogP contribution is -2.42. The third kappa shape index (κ3) is 7.52. The Balaban J connectivity index is 1.57. The highest BCUT2D eigenvalue weighted by molar-refractivity contribution is 5.79. The standard InChI is InChI=1S/C22H35N7O2/c1-3-23-22(24-10-4-5-11-28-17-26-27-18-28)25-16-21(29-12-14-31-15-13-29)19-6-8-20(30-2)9-7-19/h6-9,17-18,21H,3-5,10-16H2,1-2H3,(H2,23,24,25). The summed E-state index contributed by atoms with van der Waals surface area (Å²) in [5, 5.41) is 14.5. The van der Waals surface area contributed by atoms with Gasteiger partial charge >= 0.3 is 0 Å². The molecule has 1 aliphatic heterocycles. The van der Waals surface area contributed by atoms with E-state index in [0.29, 0.717) is 6.54 Å². The van der Waals surface area contributed by atoms with Crippen molar-refractivity contribution in [3.63, 3.8) is 0 Å². The van der Waals surface area contributed by atoms with Gasteiger partial charge in [-0.25, -0.2) is 0 Å². The molecule has 2 aromatic rings. The van der Waals surface area contributed by atoms with Crippen LogP contribution in [-0.4, -0.2) is 78.7 Å². The molecule has 31 heavy (non-hydrogen) atoms. The molecule has 3 rings (SSSR count). The van der Waals surface area contributed by atoms with Crippen LogP contribution in [0.3, 0.4) is 0 Å². The van der Waals surface area contributed by atoms with E-state index >= 15 is 0 Å². The molecule has 0 spiro atoms. The average molecular weight is 430 g/mol. The van der Waals surface area contributed by atoms with E-state index in [1.54, 1.807) is 19.8 Å². The summed E-state index contributed by atoms with van der Waals surface area (Å²) in [4.78, 5) is 7.37. The average Bonchev–Trinajstić information content (AvgIpc) is 3.33. The zero-order chi connectivity index (χ0) is 21.7. The predicted molar refractivity (Wildman–Crippen MR) is 121 cm³/mol. The summed E-state index contributed by atoms with van der Waals surface area (Å²) < 4.78 is 12.9. The molecular formula is C22H35N7O2. The lowest BCUT2D eigenvalue weighted by molar-refractivity contribution is 0.0179. The van der Waals surface area contributed by atoms with Crippen molar-refractivity contribution in [1.82, 2.24) is 30.3 Å². The van der Waals surface area contributed by atoms with Crippen molar-refractivity contribution >= 4 is 5.96 Å². The minimum Gasteiger partial charge on any atom is -0.497 e. The first-order valence-electron chi connectivity index (χ1n) is 11.1. The van der Waals surface area contributed by atoms with Crippen LogP contribution in [0.4, 0.5) is 0 Å². The van der Waals surface area contributed by atoms with E-state index in [-0.39, 0.29) is 6.04 Å². The molecule has 9 nitrogen and oxygen atoms in total. The maximum absolute atomic E-state index is 5.56. The monoisotopic (exact) mass is 429 g/mol. The van der Waals surface area contributed by atoms with Crippen LogP contribution in [0.1, 0.15) is 31.4 Å². The molecule has 1 aliphatic rings. The smallest absolute Gasteiger partial charge is 0.191 e. The van der Waals surface area contributed by atoms with E-state index in [1.807, 2.05) is 16.7 Å². The molecular weight excluding hydrogens is 394 g/mol. The number of rotatable bonds is 11. The van der Waals surface area contributed by atoms with Gasteiger partial charge in [-0.05, 0) is 37.5 Å². The number of nitrogens with one attached hydrogen (secondary N) is 2. The second-order valence-corrected chi connectivity index (χ2v) is 7.49. The maximum Gasteiger partial charge on any atom is 0.191 e. The topological polar surface area (TPSA) is 88.8 Å². The van der Waals surface area contributed by atoms with Gasteiger partial charge in [-0.1, -0.05) is 12.1 Å². The number of guanidine groups is 1. The minimum atomic E-state index is 0.207. The molecule has 0 bridgehead atoms. The van der Waals surface area contributed by atoms with Crippen LogP contribution in [0.5, 0.6) is 5.75 Å². The van der Waals surface area contributed by atoms with Crippen molar-refractivity contribution in [2.45, 2.75) is 32.4 Å². The molecule has 0 amide bonds. The Morgan fingerprint density at radius 1 is 1.13 bits per heavy atom. The summed E-state index contributed by atoms with van der Waals surface area (Å²) in [6.07, 6.45) is 5.62. The Bertz CT molecular complexity index is 759. The van der Waals surface area contributed by atoms with E-state index in [2.05, 4.69) is 44.8 Å². The van der Waals surface area contributed by atoms with Crippen LogP contribution in [0.25, 0.3) is 0 Å². The lowest BCUT2D eigenvalue weighted by atomic mass is 10.0. The zero-order valence-corrected chi connectivity index (χ0v) is 18.7. The summed E-state index contributed by atoms with van der Waals surface area (Å²) in [5.41, 5.74) is 1.25. The number of methoxy groups -OCH3 is 1. The van der Waals surface area contributed by atoms with Crippen molar-refractivity contribution < 1.29 is 9.47 Å². The first kappa shape index (κ1) is 23.0. The van der Waals surface area contributed by atoms with Gasteiger partial charge < -0.3 is 24.7 Å². The number of hydrogen-bond acceptors (Lipinski definition) is 6. The number of aliphatic imine (C=N–C) groups is 1. The molecule has 1 atom stereocenters. The van der Waals surface area contributed by atoms with Crippen LogP contribution >= 0.6 is 0 Å². The third-order valence-electron chi connectivity index (χ3n) is 5.36. The number of nitrogens with zero attached hydrogens (tertiary/aromatic N) is 5. The number of aromatic nitrogens is 3. The fourth-order valence-electron chi connectivity index (χ4n) is 3.63. The van der Waals surface area contributed by atoms with Crippen molar-refractivity contribution in [3.8, 4) is 5.75 Å². The zero-order valence-electron chi connectivity index (χ0n) is 18.7. The van der Waals surface area contributed by atoms with Gasteiger partial charge in [0.15, 0.2) is 5.96 Å². The number of hydrogen-bond donors (Lipinski definition) is 2. The molecule has 1 aromatic carbocycles. The van der Waals surface area contributed by atoms with Gasteiger partial charge in [0.2, 0.25) is 0 Å². The van der Waals surface area contributed by atoms with E-state index < -0.39 is 0 Å². The Morgan fingerprint density at radius 3 is 2.55 bits per heavy atom. The molecule has 0 radical (unpaired) electrons. The fraction of sp³-hybridized carbons (Fsp3) is 0.591. The van der Waals surface area contributed by atoms with Gasteiger partial charge in [0.25, 0.3) is 0 Å². The highest BCUT2D eigenvalue weighted by Crippen LogP contribution is 2.24. The van der Waals surface area contributed by atoms with Crippen LogP contribution in [-0.2, 0) is 11.3 Å². The second kappa shape index (κ2) is 12.9. The van der Waals surface area contributed by atoms with Crippen molar-refractivity contribution in [1.29, 1.82) is 0 Å². The molecule has 0 saturated carbocycles. The van der Waals surface area contributed by atoms with Gasteiger partial charge in [0.1, 0.15) is 18.4 Å². The van der Waals surface area contributed by atoms with Gasteiger partial charge in [-0.2, -0.15) is 0 Å². The van der Waals surface area contributed by atoms with Crippen LogP contribution in [0.2, 0.25) is 0 Å². The fourth-order valence-corrected chi connectivity index (χ4v) is 3.63. The Hall–Kier alpha value is -2.65. The summed E-state index contributed by atoms with van der Waals surface area (Å²) in [6, 6.07) is 8.52. The quantitative estimate of drug-likeness (QED) is 0.319. The number of benzene rings is 1. The highest BCUT2D eigenvalue weighted by atomic mass is 16.5. The predicted octanol–water partition coefficient (Wildman–Crippen LogP) is 1.70. The first-order valence-corrected chi connectivity index (χ1v) is 11.1. The van der Waals surface area contributed by atoms with E-state index in [1.165, 1.54) is 5.56 Å². The molecule has 0 aliphatic carbocycles. The second-order valence-electron chi connectivity index (χ2n) is 7.49. The van der Waals surface area contributed by atoms with Gasteiger partial charge in [-0.3, -0.25) is 9.89 Å². The van der Waals surface area contributed by atoms with Crippen molar-refractivity contribution in [3.05, 3.63) is 42.5 Å². The third-order valence-corrected chi connectivity index (χ3v) is 5.36. The van der Waals surface area contributed by atoms with E-state index in [9.17, 15) is 0 Å². The van der Waals surface area contributed by atoms with Crippen molar-refractivity contribution in [2.75, 3.05) is 53.0 Å². The highest BCUT2D eigenvalue weighted by Gasteiger charge is 2.22. The van der Waals surface area contributed by atoms with Crippen LogP contribution < -0.4 is 15.4 Å². The summed E-state index contributed by atoms with van der Waals surface area (Å²) in [7, 11) is 1.69. The van der Waals surface area contributed by atoms with Crippen LogP contribution in [0, 0.1) is 0 Å². The maximum atomic E-state index is 5.56. The van der Waals surface area contributed by atoms with Gasteiger partial charge in [-0.15, -0.1) is 10.2 Å². The summed E-state index contributed by atoms with van der Waals surface area (Å²) >= 11 is 0. The molecule has 2 heterocycles. The SMILES string of the molecule is CCNC(=NCC(c1ccc(OC)cc1)N1CCOCC1)NCCCCn1cnnc1. The van der Waals surface area contributed by atoms with E-state index in [4.69, 9.17) is 14.5 Å². The number of aryl methyl sites for hydroxylation is 1. The summed E-state index contributed by atoms with van der Waals surface area (Å²) in [6.45, 7) is 8.77. The lowest BCUT2D eigenvalue weighted by Gasteiger charge is -2.34. The molecule has 9 heteroatoms. The minimum absolute atomic E-state index is 0.207. The van der Waals surface area contributed by atoms with Crippen molar-refractivity contribution in [2.24, 2.45) is 4.99 Å². The molecule has 1 saturated heterocycles. The molecule has 170 valence electrons. The van der Waals surface area contributed by atoms with Crippen LogP contribution in [0.15, 0.2) is 41.9 Å². The number of ether oxygens (including phenoxy) is 2. The van der Waals surface area contributed by atoms with Gasteiger partial charge in [0, 0.05) is 32.7 Å². The largest absolute Gasteiger partial charge is 0.497 e. The van der Waals surface area contributed by atoms with Gasteiger partial charge in [0.05, 0.1) is 32.9 Å². The normalized spacial score (nSPS) is 16.1. The number of morpholine rings is 1. The Kier molecular flexibility index (Phi) is 9.59. The molecule has 1 aromatic heterocycles. The Morgan fingerprint density at radius 2 is 1.87 bits per heavy atom. The van der Waals surface area contributed by atoms with E-state index in [0.717, 1.165) is 70.5 Å². The molecule has 2 N–H and O–H groups in total. The summed E-state index contributed by atoms with van der Waals surface area (Å²) in [5.74, 6) is 1.73. The number of unbranched alkanes of at least 4 members (excludes halogenated alkanes) is 1. The Labute approximate surface area is 184 Å².